The summed E-state index contributed by atoms with van der Waals surface area (Å²) in [7, 11) is 0. The number of halogens is 1. The molecule has 0 saturated carbocycles. The fraction of sp³-hybridized carbons (Fsp3) is 0.211. The van der Waals surface area contributed by atoms with Crippen molar-refractivity contribution in [2.45, 2.75) is 79.5 Å². The monoisotopic (exact) mass is 1020 g/mol. The third-order valence-electron chi connectivity index (χ3n) is 11.9. The molecule has 0 saturated heterocycles. The molecule has 7 heteroatoms. The second-order valence-corrected chi connectivity index (χ2v) is 17.9. The Morgan fingerprint density at radius 1 is 0.750 bits per heavy atom. The summed E-state index contributed by atoms with van der Waals surface area (Å²) >= 11 is 0. The zero-order valence-electron chi connectivity index (χ0n) is 40.3. The van der Waals surface area contributed by atoms with Crippen LogP contribution in [-0.4, -0.2) is 19.5 Å². The van der Waals surface area contributed by atoms with Crippen LogP contribution >= 0.6 is 0 Å². The number of furan rings is 1. The number of imidazole rings is 1. The molecule has 0 aliphatic rings. The molecule has 10 aromatic rings. The first-order valence-electron chi connectivity index (χ1n) is 23.0. The molecule has 323 valence electrons. The minimum absolute atomic E-state index is 0. The van der Waals surface area contributed by atoms with Gasteiger partial charge in [-0.3, -0.25) is 14.4 Å². The van der Waals surface area contributed by atoms with E-state index in [0.717, 1.165) is 72.5 Å². The van der Waals surface area contributed by atoms with Crippen molar-refractivity contribution in [3.05, 3.63) is 179 Å². The Balaban J connectivity index is 0.000000234. The number of para-hydroxylation sites is 2. The number of nitrogens with zero attached hydrogens (tertiary/aromatic N) is 4. The van der Waals surface area contributed by atoms with Crippen molar-refractivity contribution < 1.29 is 33.0 Å². The molecule has 0 aliphatic carbocycles. The number of aromatic nitrogens is 4. The van der Waals surface area contributed by atoms with Gasteiger partial charge in [0.05, 0.1) is 34.2 Å². The molecule has 0 aliphatic heterocycles. The van der Waals surface area contributed by atoms with Gasteiger partial charge >= 0.3 is 0 Å². The van der Waals surface area contributed by atoms with E-state index in [1.54, 1.807) is 12.3 Å². The number of hydrogen-bond donors (Lipinski definition) is 0. The molecule has 0 amide bonds. The van der Waals surface area contributed by atoms with Crippen molar-refractivity contribution in [3.8, 4) is 39.5 Å². The molecule has 64 heavy (non-hydrogen) atoms. The van der Waals surface area contributed by atoms with E-state index >= 15 is 0 Å². The average Bonchev–Trinajstić information content (AvgIpc) is 3.87. The maximum Gasteiger partial charge on any atom is 0.121 e. The predicted octanol–water partition coefficient (Wildman–Crippen LogP) is 15.5. The van der Waals surface area contributed by atoms with E-state index in [4.69, 9.17) is 18.5 Å². The van der Waals surface area contributed by atoms with Gasteiger partial charge in [0.25, 0.3) is 0 Å². The van der Waals surface area contributed by atoms with Gasteiger partial charge in [0, 0.05) is 52.7 Å². The van der Waals surface area contributed by atoms with Crippen molar-refractivity contribution in [1.29, 1.82) is 0 Å². The third-order valence-corrected chi connectivity index (χ3v) is 11.9. The van der Waals surface area contributed by atoms with Gasteiger partial charge in [0.1, 0.15) is 5.58 Å². The molecule has 10 rings (SSSR count). The number of rotatable bonds is 6. The van der Waals surface area contributed by atoms with E-state index in [2.05, 4.69) is 156 Å². The second-order valence-electron chi connectivity index (χ2n) is 17.9. The van der Waals surface area contributed by atoms with Gasteiger partial charge in [0.15, 0.2) is 0 Å². The van der Waals surface area contributed by atoms with Crippen molar-refractivity contribution in [1.82, 2.24) is 19.5 Å². The summed E-state index contributed by atoms with van der Waals surface area (Å²) in [5.74, 6) is 0.799. The summed E-state index contributed by atoms with van der Waals surface area (Å²) in [6.07, 6.45) is 3.68. The van der Waals surface area contributed by atoms with Gasteiger partial charge < -0.3 is 14.0 Å². The van der Waals surface area contributed by atoms with Crippen LogP contribution in [0, 0.1) is 31.7 Å². The van der Waals surface area contributed by atoms with Crippen LogP contribution < -0.4 is 0 Å². The smallest absolute Gasteiger partial charge is 0.121 e. The number of hydrogen-bond acceptors (Lipinski definition) is 4. The van der Waals surface area contributed by atoms with Crippen molar-refractivity contribution in [2.24, 2.45) is 0 Å². The Kier molecular flexibility index (Phi) is 11.2. The first kappa shape index (κ1) is 40.5. The van der Waals surface area contributed by atoms with E-state index in [-0.39, 0.29) is 36.6 Å². The number of pyridine rings is 2. The standard InChI is InChI=1S/C41H34N3O.C16H17FN.Ir/c1-24(2)28-15-10-16-29(25(3)4)39(28)44-36-23-42-35-19-9-8-14-33(35)38(36)43-41(44)34-18-11-17-32-31-21-20-27(22-37(31)45-40(32)34)30-13-7-6-12-26(30)5;1-11-5-7-13(14(17)9-11)15-8-6-12(10-18-15)16(2,3)4;/h6-17,19-25H,1-5H3;5-6,8-10H,1-4H3;/q2*-1;/i;1D3;. The minimum atomic E-state index is -2.33. The second kappa shape index (κ2) is 17.7. The zero-order chi connectivity index (χ0) is 46.7. The van der Waals surface area contributed by atoms with Crippen LogP contribution in [-0.2, 0) is 25.5 Å². The van der Waals surface area contributed by atoms with E-state index in [0.29, 0.717) is 17.5 Å². The van der Waals surface area contributed by atoms with E-state index in [1.165, 1.54) is 34.0 Å². The average molecular weight is 1020 g/mol. The maximum absolute atomic E-state index is 14.1. The molecule has 0 atom stereocenters. The maximum atomic E-state index is 14.1. The Labute approximate surface area is 393 Å². The molecule has 0 N–H and O–H groups in total. The minimum Gasteiger partial charge on any atom is -0.501 e. The van der Waals surface area contributed by atoms with Gasteiger partial charge in [-0.05, 0) is 75.4 Å². The topological polar surface area (TPSA) is 56.7 Å². The summed E-state index contributed by atoms with van der Waals surface area (Å²) in [5.41, 5.74) is 14.2. The number of benzene rings is 6. The molecule has 0 bridgehead atoms. The summed E-state index contributed by atoms with van der Waals surface area (Å²) in [4.78, 5) is 14.6. The fourth-order valence-electron chi connectivity index (χ4n) is 8.45. The predicted molar refractivity (Wildman–Crippen MR) is 258 cm³/mol. The third kappa shape index (κ3) is 8.19. The fourth-order valence-corrected chi connectivity index (χ4v) is 8.45. The van der Waals surface area contributed by atoms with E-state index < -0.39 is 12.7 Å². The summed E-state index contributed by atoms with van der Waals surface area (Å²) in [6, 6.07) is 46.2. The molecule has 0 fully saturated rings. The summed E-state index contributed by atoms with van der Waals surface area (Å²) in [6.45, 7) is 15.1. The van der Waals surface area contributed by atoms with Crippen LogP contribution in [0.4, 0.5) is 4.39 Å². The Bertz CT molecular complexity index is 3410. The van der Waals surface area contributed by atoms with Gasteiger partial charge in [-0.15, -0.1) is 42.0 Å². The number of fused-ring (bicyclic) bond motifs is 6. The molecule has 0 spiro atoms. The van der Waals surface area contributed by atoms with Crippen molar-refractivity contribution >= 4 is 43.9 Å². The van der Waals surface area contributed by atoms with Crippen LogP contribution in [0.25, 0.3) is 83.3 Å². The van der Waals surface area contributed by atoms with Gasteiger partial charge in [0.2, 0.25) is 0 Å². The van der Waals surface area contributed by atoms with Gasteiger partial charge in [-0.25, -0.2) is 0 Å². The molecule has 1 radical (unpaired) electrons. The Hall–Kier alpha value is -6.27. The molecule has 4 heterocycles. The largest absolute Gasteiger partial charge is 0.501 e. The van der Waals surface area contributed by atoms with E-state index in [9.17, 15) is 4.39 Å². The van der Waals surface area contributed by atoms with Crippen LogP contribution in [0.15, 0.2) is 138 Å². The van der Waals surface area contributed by atoms with Crippen molar-refractivity contribution in [2.75, 3.05) is 0 Å². The first-order valence-corrected chi connectivity index (χ1v) is 21.5. The van der Waals surface area contributed by atoms with Gasteiger partial charge in [-0.1, -0.05) is 157 Å². The Morgan fingerprint density at radius 2 is 1.50 bits per heavy atom. The van der Waals surface area contributed by atoms with Crippen molar-refractivity contribution in [3.63, 3.8) is 0 Å². The first-order chi connectivity index (χ1) is 31.5. The van der Waals surface area contributed by atoms with Gasteiger partial charge in [-0.2, -0.15) is 0 Å². The van der Waals surface area contributed by atoms with Crippen LogP contribution in [0.1, 0.15) is 92.2 Å². The SMILES string of the molecule is Cc1ccccc1-c1ccc2c(c1)oc1c(-c3nc4c5ccccc5ncc4n3-c3c(C(C)C)cccc3C(C)C)[c-]ccc12.[2H]C([2H])([2H])c1c[c-]c(-c2ccc(C(C)(C)C)cn2)c(F)c1.[Ir]. The molecule has 6 aromatic carbocycles. The van der Waals surface area contributed by atoms with Crippen LogP contribution in [0.5, 0.6) is 0 Å². The molecule has 4 aromatic heterocycles. The molecular weight excluding hydrogens is 968 g/mol. The molecule has 0 unspecified atom stereocenters. The normalized spacial score (nSPS) is 12.6. The Morgan fingerprint density at radius 3 is 2.19 bits per heavy atom. The molecular formula is C57H51FIrN4O-2. The zero-order valence-corrected chi connectivity index (χ0v) is 39.7. The number of aryl methyl sites for hydroxylation is 2. The summed E-state index contributed by atoms with van der Waals surface area (Å²) < 4.78 is 45.0. The van der Waals surface area contributed by atoms with Crippen LogP contribution in [0.3, 0.4) is 0 Å². The quantitative estimate of drug-likeness (QED) is 0.156. The summed E-state index contributed by atoms with van der Waals surface area (Å²) in [5, 5.41) is 3.17. The molecule has 5 nitrogen and oxygen atoms in total. The van der Waals surface area contributed by atoms with E-state index in [1.807, 2.05) is 30.5 Å². The van der Waals surface area contributed by atoms with Crippen LogP contribution in [0.2, 0.25) is 0 Å².